The van der Waals surface area contributed by atoms with Crippen molar-refractivity contribution in [2.45, 2.75) is 26.2 Å². The number of carbonyl (C=O) groups is 3. The maximum Gasteiger partial charge on any atom is 0.224 e. The molecule has 1 N–H and O–H groups in total. The fourth-order valence-corrected chi connectivity index (χ4v) is 2.92. The molecule has 0 saturated carbocycles. The molecule has 1 aliphatic rings. The number of amides is 2. The van der Waals surface area contributed by atoms with E-state index in [1.807, 2.05) is 4.90 Å². The zero-order chi connectivity index (χ0) is 18.9. The van der Waals surface area contributed by atoms with E-state index < -0.39 is 11.6 Å². The number of piperazine rings is 1. The molecular weight excluding hydrogens is 337 g/mol. The van der Waals surface area contributed by atoms with Gasteiger partial charge in [-0.15, -0.1) is 0 Å². The van der Waals surface area contributed by atoms with Crippen LogP contribution in [-0.2, 0) is 9.59 Å². The van der Waals surface area contributed by atoms with Gasteiger partial charge in [0.25, 0.3) is 0 Å². The van der Waals surface area contributed by atoms with Crippen molar-refractivity contribution in [3.05, 3.63) is 35.6 Å². The summed E-state index contributed by atoms with van der Waals surface area (Å²) in [7, 11) is 0. The molecule has 6 nitrogen and oxygen atoms in total. The summed E-state index contributed by atoms with van der Waals surface area (Å²) in [5, 5.41) is 2.65. The number of carbonyl (C=O) groups excluding carboxylic acids is 3. The van der Waals surface area contributed by atoms with Crippen molar-refractivity contribution in [3.63, 3.8) is 0 Å². The van der Waals surface area contributed by atoms with Crippen molar-refractivity contribution in [3.8, 4) is 0 Å². The first kappa shape index (κ1) is 20.0. The summed E-state index contributed by atoms with van der Waals surface area (Å²) in [4.78, 5) is 40.0. The van der Waals surface area contributed by atoms with Crippen molar-refractivity contribution in [2.75, 3.05) is 39.3 Å². The molecule has 0 atom stereocenters. The monoisotopic (exact) mass is 363 g/mol. The SMILES string of the molecule is CCN1CCN(C(=O)CCNC(=O)CCC(=O)c2ccccc2F)CC1. The highest BCUT2D eigenvalue weighted by molar-refractivity contribution is 5.98. The van der Waals surface area contributed by atoms with E-state index in [-0.39, 0.29) is 43.2 Å². The third kappa shape index (κ3) is 5.91. The summed E-state index contributed by atoms with van der Waals surface area (Å²) in [6, 6.07) is 5.73. The molecule has 1 aromatic rings. The highest BCUT2D eigenvalue weighted by Gasteiger charge is 2.20. The van der Waals surface area contributed by atoms with Crippen molar-refractivity contribution >= 4 is 17.6 Å². The highest BCUT2D eigenvalue weighted by atomic mass is 19.1. The molecule has 26 heavy (non-hydrogen) atoms. The molecule has 0 radical (unpaired) electrons. The van der Waals surface area contributed by atoms with E-state index in [0.717, 1.165) is 32.7 Å². The fraction of sp³-hybridized carbons (Fsp3) is 0.526. The molecule has 2 rings (SSSR count). The van der Waals surface area contributed by atoms with Crippen LogP contribution in [0.15, 0.2) is 24.3 Å². The number of likely N-dealkylation sites (N-methyl/N-ethyl adjacent to an activating group) is 1. The van der Waals surface area contributed by atoms with Gasteiger partial charge in [-0.25, -0.2) is 4.39 Å². The van der Waals surface area contributed by atoms with Gasteiger partial charge in [-0.3, -0.25) is 14.4 Å². The Balaban J connectivity index is 1.64. The molecule has 1 fully saturated rings. The number of nitrogens with zero attached hydrogens (tertiary/aromatic N) is 2. The molecule has 1 heterocycles. The van der Waals surface area contributed by atoms with Crippen LogP contribution in [0.3, 0.4) is 0 Å². The van der Waals surface area contributed by atoms with E-state index in [0.29, 0.717) is 0 Å². The molecule has 2 amide bonds. The largest absolute Gasteiger partial charge is 0.356 e. The van der Waals surface area contributed by atoms with E-state index in [1.54, 1.807) is 6.07 Å². The number of Topliss-reactive ketones (excluding diaryl/α,β-unsaturated/α-hetero) is 1. The summed E-state index contributed by atoms with van der Waals surface area (Å²) in [6.45, 7) is 6.54. The molecule has 1 aromatic carbocycles. The first-order chi connectivity index (χ1) is 12.5. The molecule has 0 bridgehead atoms. The number of hydrogen-bond acceptors (Lipinski definition) is 4. The van der Waals surface area contributed by atoms with Crippen LogP contribution in [-0.4, -0.2) is 66.7 Å². The Kier molecular flexibility index (Phi) is 7.72. The molecule has 0 unspecified atom stereocenters. The number of nitrogens with one attached hydrogen (secondary N) is 1. The first-order valence-electron chi connectivity index (χ1n) is 9.05. The standard InChI is InChI=1S/C19H26FN3O3/c1-2-22-11-13-23(14-12-22)19(26)9-10-21-18(25)8-7-17(24)15-5-3-4-6-16(15)20/h3-6H,2,7-14H2,1H3,(H,21,25). The van der Waals surface area contributed by atoms with Gasteiger partial charge in [-0.2, -0.15) is 0 Å². The van der Waals surface area contributed by atoms with Crippen LogP contribution in [0.1, 0.15) is 36.5 Å². The van der Waals surface area contributed by atoms with Gasteiger partial charge >= 0.3 is 0 Å². The van der Waals surface area contributed by atoms with Gasteiger partial charge in [0.2, 0.25) is 11.8 Å². The van der Waals surface area contributed by atoms with Crippen LogP contribution in [0.4, 0.5) is 4.39 Å². The van der Waals surface area contributed by atoms with Gasteiger partial charge in [0.15, 0.2) is 5.78 Å². The third-order valence-electron chi connectivity index (χ3n) is 4.59. The van der Waals surface area contributed by atoms with Gasteiger partial charge in [-0.05, 0) is 18.7 Å². The lowest BCUT2D eigenvalue weighted by Crippen LogP contribution is -2.49. The summed E-state index contributed by atoms with van der Waals surface area (Å²) < 4.78 is 13.5. The lowest BCUT2D eigenvalue weighted by molar-refractivity contribution is -0.132. The predicted molar refractivity (Wildman–Crippen MR) is 96.3 cm³/mol. The minimum Gasteiger partial charge on any atom is -0.356 e. The van der Waals surface area contributed by atoms with Gasteiger partial charge in [0, 0.05) is 52.0 Å². The molecule has 1 saturated heterocycles. The zero-order valence-corrected chi connectivity index (χ0v) is 15.2. The predicted octanol–water partition coefficient (Wildman–Crippen LogP) is 1.46. The summed E-state index contributed by atoms with van der Waals surface area (Å²) in [6.07, 6.45) is 0.176. The second kappa shape index (κ2) is 10.0. The van der Waals surface area contributed by atoms with Crippen LogP contribution in [0.2, 0.25) is 0 Å². The van der Waals surface area contributed by atoms with E-state index in [2.05, 4.69) is 17.1 Å². The molecule has 142 valence electrons. The quantitative estimate of drug-likeness (QED) is 0.710. The maximum atomic E-state index is 13.5. The number of rotatable bonds is 8. The Morgan fingerprint density at radius 2 is 1.73 bits per heavy atom. The van der Waals surface area contributed by atoms with Crippen molar-refractivity contribution in [1.82, 2.24) is 15.1 Å². The minimum atomic E-state index is -0.577. The van der Waals surface area contributed by atoms with E-state index in [1.165, 1.54) is 18.2 Å². The average Bonchev–Trinajstić information content (AvgIpc) is 2.66. The fourth-order valence-electron chi connectivity index (χ4n) is 2.92. The summed E-state index contributed by atoms with van der Waals surface area (Å²) in [5.41, 5.74) is 0.00157. The molecule has 7 heteroatoms. The second-order valence-corrected chi connectivity index (χ2v) is 6.32. The smallest absolute Gasteiger partial charge is 0.224 e. The molecule has 0 aromatic heterocycles. The number of hydrogen-bond donors (Lipinski definition) is 1. The lowest BCUT2D eigenvalue weighted by atomic mass is 10.1. The normalized spacial score (nSPS) is 14.9. The number of halogens is 1. The second-order valence-electron chi connectivity index (χ2n) is 6.32. The average molecular weight is 363 g/mol. The van der Waals surface area contributed by atoms with Crippen molar-refractivity contribution < 1.29 is 18.8 Å². The minimum absolute atomic E-state index is 0.00157. The van der Waals surface area contributed by atoms with E-state index >= 15 is 0 Å². The Labute approximate surface area is 153 Å². The molecule has 1 aliphatic heterocycles. The number of benzene rings is 1. The number of ketones is 1. The van der Waals surface area contributed by atoms with E-state index in [4.69, 9.17) is 0 Å². The van der Waals surface area contributed by atoms with Gasteiger partial charge in [0.05, 0.1) is 5.56 Å². The van der Waals surface area contributed by atoms with Gasteiger partial charge in [0.1, 0.15) is 5.82 Å². The van der Waals surface area contributed by atoms with Crippen LogP contribution < -0.4 is 5.32 Å². The molecule has 0 aliphatic carbocycles. The molecule has 0 spiro atoms. The first-order valence-corrected chi connectivity index (χ1v) is 9.05. The van der Waals surface area contributed by atoms with Gasteiger partial charge < -0.3 is 15.1 Å². The Bertz CT molecular complexity index is 643. The molecular formula is C19H26FN3O3. The van der Waals surface area contributed by atoms with Crippen LogP contribution in [0.5, 0.6) is 0 Å². The highest BCUT2D eigenvalue weighted by Crippen LogP contribution is 2.10. The summed E-state index contributed by atoms with van der Waals surface area (Å²) in [5.74, 6) is -1.25. The lowest BCUT2D eigenvalue weighted by Gasteiger charge is -2.34. The topological polar surface area (TPSA) is 69.7 Å². The Morgan fingerprint density at radius 3 is 2.38 bits per heavy atom. The maximum absolute atomic E-state index is 13.5. The third-order valence-corrected chi connectivity index (χ3v) is 4.59. The Hall–Kier alpha value is -2.28. The van der Waals surface area contributed by atoms with Crippen molar-refractivity contribution in [2.24, 2.45) is 0 Å². The van der Waals surface area contributed by atoms with Crippen LogP contribution >= 0.6 is 0 Å². The van der Waals surface area contributed by atoms with Crippen LogP contribution in [0, 0.1) is 5.82 Å². The van der Waals surface area contributed by atoms with Crippen molar-refractivity contribution in [1.29, 1.82) is 0 Å². The zero-order valence-electron chi connectivity index (χ0n) is 15.2. The van der Waals surface area contributed by atoms with Crippen LogP contribution in [0.25, 0.3) is 0 Å². The van der Waals surface area contributed by atoms with E-state index in [9.17, 15) is 18.8 Å². The summed E-state index contributed by atoms with van der Waals surface area (Å²) >= 11 is 0. The van der Waals surface area contributed by atoms with Gasteiger partial charge in [-0.1, -0.05) is 19.1 Å². The Morgan fingerprint density at radius 1 is 1.04 bits per heavy atom.